The van der Waals surface area contributed by atoms with E-state index in [0.29, 0.717) is 16.3 Å². The number of carbonyl (C=O) groups is 1. The van der Waals surface area contributed by atoms with Crippen LogP contribution in [0.15, 0.2) is 71.9 Å². The topological polar surface area (TPSA) is 51.2 Å². The first-order valence-electron chi connectivity index (χ1n) is 7.50. The molecule has 1 aromatic heterocycles. The Bertz CT molecular complexity index is 888. The second-order valence-corrected chi connectivity index (χ2v) is 5.90. The van der Waals surface area contributed by atoms with Crippen molar-refractivity contribution in [1.82, 2.24) is 4.98 Å². The molecule has 1 amide bonds. The fraction of sp³-hybridized carbons (Fsp3) is 0.0526. The van der Waals surface area contributed by atoms with Crippen molar-refractivity contribution in [3.63, 3.8) is 0 Å². The Hall–Kier alpha value is -2.86. The number of rotatable bonds is 5. The largest absolute Gasteiger partial charge is 0.455 e. The molecule has 126 valence electrons. The van der Waals surface area contributed by atoms with Gasteiger partial charge in [0.05, 0.1) is 5.03 Å². The van der Waals surface area contributed by atoms with Crippen LogP contribution < -0.4 is 10.1 Å². The van der Waals surface area contributed by atoms with E-state index >= 15 is 0 Å². The van der Waals surface area contributed by atoms with E-state index in [1.807, 2.05) is 24.5 Å². The first-order chi connectivity index (χ1) is 12.2. The summed E-state index contributed by atoms with van der Waals surface area (Å²) in [5.74, 6) is -0.211. The van der Waals surface area contributed by atoms with E-state index in [0.717, 1.165) is 0 Å². The van der Waals surface area contributed by atoms with Gasteiger partial charge in [-0.2, -0.15) is 0 Å². The number of benzene rings is 2. The van der Waals surface area contributed by atoms with Gasteiger partial charge in [0.25, 0.3) is 5.91 Å². The number of halogens is 1. The number of aromatic nitrogens is 1. The fourth-order valence-corrected chi connectivity index (χ4v) is 2.59. The lowest BCUT2D eigenvalue weighted by Crippen LogP contribution is -2.14. The Morgan fingerprint density at radius 1 is 1.12 bits per heavy atom. The minimum absolute atomic E-state index is 0.00105. The minimum Gasteiger partial charge on any atom is -0.455 e. The molecule has 25 heavy (non-hydrogen) atoms. The average molecular weight is 354 g/mol. The summed E-state index contributed by atoms with van der Waals surface area (Å²) in [5, 5.41) is 3.30. The second-order valence-electron chi connectivity index (χ2n) is 5.07. The molecule has 1 heterocycles. The van der Waals surface area contributed by atoms with Crippen LogP contribution in [0.2, 0.25) is 0 Å². The van der Waals surface area contributed by atoms with Crippen LogP contribution in [0.1, 0.15) is 10.4 Å². The molecule has 0 unspecified atom stereocenters. The maximum absolute atomic E-state index is 14.3. The van der Waals surface area contributed by atoms with Gasteiger partial charge in [-0.1, -0.05) is 24.3 Å². The van der Waals surface area contributed by atoms with Gasteiger partial charge in [-0.25, -0.2) is 9.37 Å². The molecule has 3 aromatic rings. The van der Waals surface area contributed by atoms with E-state index in [-0.39, 0.29) is 11.4 Å². The van der Waals surface area contributed by atoms with Crippen molar-refractivity contribution in [3.05, 3.63) is 78.2 Å². The molecule has 0 spiro atoms. The average Bonchev–Trinajstić information content (AvgIpc) is 2.65. The molecule has 4 nitrogen and oxygen atoms in total. The summed E-state index contributed by atoms with van der Waals surface area (Å²) >= 11 is 1.42. The predicted octanol–water partition coefficient (Wildman–Crippen LogP) is 4.99. The number of nitrogens with one attached hydrogen (secondary N) is 1. The zero-order valence-electron chi connectivity index (χ0n) is 13.4. The Labute approximate surface area is 149 Å². The highest BCUT2D eigenvalue weighted by molar-refractivity contribution is 7.98. The zero-order chi connectivity index (χ0) is 17.6. The highest BCUT2D eigenvalue weighted by atomic mass is 32.2. The van der Waals surface area contributed by atoms with Gasteiger partial charge in [-0.15, -0.1) is 11.8 Å². The standard InChI is InChI=1S/C19H15FN2O2S/c1-25-17-12-13(10-11-21-17)19(23)22-18-15(20)8-5-9-16(18)24-14-6-3-2-4-7-14/h2-12H,1H3,(H,22,23). The van der Waals surface area contributed by atoms with Crippen molar-refractivity contribution in [2.45, 2.75) is 5.03 Å². The normalized spacial score (nSPS) is 10.3. The third kappa shape index (κ3) is 4.16. The van der Waals surface area contributed by atoms with Crippen molar-refractivity contribution in [1.29, 1.82) is 0 Å². The molecule has 0 aliphatic heterocycles. The minimum atomic E-state index is -0.569. The maximum Gasteiger partial charge on any atom is 0.255 e. The third-order valence-corrected chi connectivity index (χ3v) is 4.03. The number of thioether (sulfide) groups is 1. The molecule has 0 bridgehead atoms. The van der Waals surface area contributed by atoms with Crippen molar-refractivity contribution in [2.24, 2.45) is 0 Å². The van der Waals surface area contributed by atoms with Crippen LogP contribution in [-0.2, 0) is 0 Å². The van der Waals surface area contributed by atoms with Crippen LogP contribution in [0.25, 0.3) is 0 Å². The van der Waals surface area contributed by atoms with E-state index in [9.17, 15) is 9.18 Å². The van der Waals surface area contributed by atoms with Crippen molar-refractivity contribution >= 4 is 23.4 Å². The van der Waals surface area contributed by atoms with Crippen LogP contribution in [-0.4, -0.2) is 17.1 Å². The number of ether oxygens (including phenoxy) is 1. The van der Waals surface area contributed by atoms with Gasteiger partial charge in [-0.3, -0.25) is 4.79 Å². The number of para-hydroxylation sites is 2. The lowest BCUT2D eigenvalue weighted by atomic mass is 10.2. The van der Waals surface area contributed by atoms with E-state index in [4.69, 9.17) is 4.74 Å². The number of hydrogen-bond acceptors (Lipinski definition) is 4. The SMILES string of the molecule is CSc1cc(C(=O)Nc2c(F)cccc2Oc2ccccc2)ccn1. The summed E-state index contributed by atoms with van der Waals surface area (Å²) in [7, 11) is 0. The number of pyridine rings is 1. The number of hydrogen-bond donors (Lipinski definition) is 1. The molecule has 6 heteroatoms. The Balaban J connectivity index is 1.87. The first-order valence-corrected chi connectivity index (χ1v) is 8.72. The van der Waals surface area contributed by atoms with Gasteiger partial charge in [0, 0.05) is 11.8 Å². The lowest BCUT2D eigenvalue weighted by molar-refractivity contribution is 0.102. The molecule has 1 N–H and O–H groups in total. The molecule has 0 saturated carbocycles. The molecular weight excluding hydrogens is 339 g/mol. The van der Waals surface area contributed by atoms with Crippen LogP contribution in [0.4, 0.5) is 10.1 Å². The molecule has 3 rings (SSSR count). The highest BCUT2D eigenvalue weighted by Crippen LogP contribution is 2.32. The summed E-state index contributed by atoms with van der Waals surface area (Å²) in [4.78, 5) is 16.6. The number of amides is 1. The quantitative estimate of drug-likeness (QED) is 0.656. The maximum atomic E-state index is 14.3. The Morgan fingerprint density at radius 3 is 2.68 bits per heavy atom. The van der Waals surface area contributed by atoms with Crippen LogP contribution in [0, 0.1) is 5.82 Å². The molecule has 0 saturated heterocycles. The van der Waals surface area contributed by atoms with Gasteiger partial charge >= 0.3 is 0 Å². The predicted molar refractivity (Wildman–Crippen MR) is 96.9 cm³/mol. The van der Waals surface area contributed by atoms with Gasteiger partial charge in [-0.05, 0) is 42.7 Å². The van der Waals surface area contributed by atoms with Gasteiger partial charge in [0.1, 0.15) is 11.4 Å². The third-order valence-electron chi connectivity index (χ3n) is 3.39. The van der Waals surface area contributed by atoms with Gasteiger partial charge in [0.15, 0.2) is 11.6 Å². The number of carbonyl (C=O) groups excluding carboxylic acids is 1. The molecule has 0 radical (unpaired) electrons. The number of anilines is 1. The van der Waals surface area contributed by atoms with E-state index < -0.39 is 11.7 Å². The van der Waals surface area contributed by atoms with E-state index in [1.54, 1.807) is 36.5 Å². The summed E-state index contributed by atoms with van der Waals surface area (Å²) in [6, 6.07) is 16.6. The monoisotopic (exact) mass is 354 g/mol. The molecule has 0 fully saturated rings. The Morgan fingerprint density at radius 2 is 1.92 bits per heavy atom. The van der Waals surface area contributed by atoms with Crippen molar-refractivity contribution < 1.29 is 13.9 Å². The summed E-state index contributed by atoms with van der Waals surface area (Å²) in [6.07, 6.45) is 3.41. The van der Waals surface area contributed by atoms with Crippen molar-refractivity contribution in [3.8, 4) is 11.5 Å². The fourth-order valence-electron chi connectivity index (χ4n) is 2.17. The second kappa shape index (κ2) is 7.81. The van der Waals surface area contributed by atoms with Gasteiger partial charge < -0.3 is 10.1 Å². The summed E-state index contributed by atoms with van der Waals surface area (Å²) in [5.41, 5.74) is 0.395. The molecule has 0 atom stereocenters. The first kappa shape index (κ1) is 17.0. The highest BCUT2D eigenvalue weighted by Gasteiger charge is 2.15. The smallest absolute Gasteiger partial charge is 0.255 e. The molecule has 0 aliphatic rings. The number of nitrogens with zero attached hydrogens (tertiary/aromatic N) is 1. The van der Waals surface area contributed by atoms with Crippen LogP contribution in [0.5, 0.6) is 11.5 Å². The molecule has 2 aromatic carbocycles. The van der Waals surface area contributed by atoms with Crippen LogP contribution in [0.3, 0.4) is 0 Å². The van der Waals surface area contributed by atoms with E-state index in [2.05, 4.69) is 10.3 Å². The summed E-state index contributed by atoms with van der Waals surface area (Å²) < 4.78 is 20.0. The van der Waals surface area contributed by atoms with Gasteiger partial charge in [0.2, 0.25) is 0 Å². The Kier molecular flexibility index (Phi) is 5.30. The molecule has 0 aliphatic carbocycles. The van der Waals surface area contributed by atoms with Crippen molar-refractivity contribution in [2.75, 3.05) is 11.6 Å². The van der Waals surface area contributed by atoms with E-state index in [1.165, 1.54) is 23.9 Å². The lowest BCUT2D eigenvalue weighted by Gasteiger charge is -2.13. The zero-order valence-corrected chi connectivity index (χ0v) is 14.2. The summed E-state index contributed by atoms with van der Waals surface area (Å²) in [6.45, 7) is 0. The van der Waals surface area contributed by atoms with Crippen LogP contribution >= 0.6 is 11.8 Å². The molecular formula is C19H15FN2O2S.